The van der Waals surface area contributed by atoms with Gasteiger partial charge < -0.3 is 10.0 Å². The molecule has 108 valence electrons. The van der Waals surface area contributed by atoms with Crippen molar-refractivity contribution >= 4 is 5.91 Å². The number of piperidine rings is 1. The van der Waals surface area contributed by atoms with Crippen LogP contribution >= 0.6 is 0 Å². The summed E-state index contributed by atoms with van der Waals surface area (Å²) in [7, 11) is 0. The fourth-order valence-corrected chi connectivity index (χ4v) is 2.78. The van der Waals surface area contributed by atoms with E-state index in [1.54, 1.807) is 12.2 Å². The van der Waals surface area contributed by atoms with Gasteiger partial charge in [0.1, 0.15) is 0 Å². The van der Waals surface area contributed by atoms with Crippen molar-refractivity contribution in [1.29, 1.82) is 0 Å². The normalized spacial score (nSPS) is 18.4. The molecular weight excluding hydrogens is 238 g/mol. The van der Waals surface area contributed by atoms with Crippen LogP contribution < -0.4 is 0 Å². The molecule has 3 nitrogen and oxygen atoms in total. The van der Waals surface area contributed by atoms with E-state index in [-0.39, 0.29) is 23.8 Å². The average Bonchev–Trinajstić information content (AvgIpc) is 2.46. The summed E-state index contributed by atoms with van der Waals surface area (Å²) in [5.74, 6) is 0.195. The van der Waals surface area contributed by atoms with Crippen LogP contribution in [0.1, 0.15) is 39.0 Å². The van der Waals surface area contributed by atoms with E-state index in [9.17, 15) is 9.90 Å². The molecule has 1 rings (SSSR count). The predicted octanol–water partition coefficient (Wildman–Crippen LogP) is 2.77. The Kier molecular flexibility index (Phi) is 6.29. The number of carbonyl (C=O) groups is 1. The Morgan fingerprint density at radius 2 is 1.84 bits per heavy atom. The summed E-state index contributed by atoms with van der Waals surface area (Å²) >= 11 is 0. The van der Waals surface area contributed by atoms with Gasteiger partial charge in [0, 0.05) is 25.6 Å². The Hall–Kier alpha value is -1.09. The van der Waals surface area contributed by atoms with Crippen LogP contribution in [0.4, 0.5) is 0 Å². The number of carbonyl (C=O) groups excluding carboxylic acids is 1. The molecule has 1 heterocycles. The van der Waals surface area contributed by atoms with Gasteiger partial charge in [0.25, 0.3) is 0 Å². The number of amides is 1. The molecule has 0 saturated carbocycles. The highest BCUT2D eigenvalue weighted by molar-refractivity contribution is 5.79. The zero-order chi connectivity index (χ0) is 14.3. The van der Waals surface area contributed by atoms with Gasteiger partial charge in [0.15, 0.2) is 0 Å². The summed E-state index contributed by atoms with van der Waals surface area (Å²) in [6.45, 7) is 11.3. The SMILES string of the molecule is C=CCC(CC=C)C(=O)N1CCC(CC)(CO)CC1. The van der Waals surface area contributed by atoms with Gasteiger partial charge in [-0.3, -0.25) is 4.79 Å². The highest BCUT2D eigenvalue weighted by Gasteiger charge is 2.35. The molecule has 0 aromatic heterocycles. The molecule has 1 N–H and O–H groups in total. The van der Waals surface area contributed by atoms with Crippen molar-refractivity contribution < 1.29 is 9.90 Å². The number of allylic oxidation sites excluding steroid dienone is 2. The number of aliphatic hydroxyl groups is 1. The summed E-state index contributed by atoms with van der Waals surface area (Å²) in [5.41, 5.74) is 0.0309. The lowest BCUT2D eigenvalue weighted by atomic mass is 9.76. The summed E-state index contributed by atoms with van der Waals surface area (Å²) in [6.07, 6.45) is 7.82. The topological polar surface area (TPSA) is 40.5 Å². The molecule has 0 aliphatic carbocycles. The van der Waals surface area contributed by atoms with Crippen molar-refractivity contribution in [3.8, 4) is 0 Å². The molecule has 1 aliphatic heterocycles. The second-order valence-electron chi connectivity index (χ2n) is 5.58. The van der Waals surface area contributed by atoms with Gasteiger partial charge in [-0.15, -0.1) is 13.2 Å². The minimum Gasteiger partial charge on any atom is -0.396 e. The Morgan fingerprint density at radius 1 is 1.32 bits per heavy atom. The molecule has 1 amide bonds. The summed E-state index contributed by atoms with van der Waals surface area (Å²) < 4.78 is 0. The van der Waals surface area contributed by atoms with Crippen molar-refractivity contribution in [2.75, 3.05) is 19.7 Å². The highest BCUT2D eigenvalue weighted by atomic mass is 16.3. The van der Waals surface area contributed by atoms with Gasteiger partial charge in [0.05, 0.1) is 0 Å². The van der Waals surface area contributed by atoms with E-state index >= 15 is 0 Å². The maximum atomic E-state index is 12.4. The zero-order valence-corrected chi connectivity index (χ0v) is 12.1. The van der Waals surface area contributed by atoms with Gasteiger partial charge in [-0.2, -0.15) is 0 Å². The van der Waals surface area contributed by atoms with Crippen LogP contribution in [0.5, 0.6) is 0 Å². The van der Waals surface area contributed by atoms with Gasteiger partial charge in [-0.05, 0) is 37.5 Å². The first-order chi connectivity index (χ1) is 9.12. The van der Waals surface area contributed by atoms with Gasteiger partial charge >= 0.3 is 0 Å². The standard InChI is InChI=1S/C16H27NO2/c1-4-7-14(8-5-2)15(19)17-11-9-16(6-3,13-18)10-12-17/h4-5,14,18H,1-2,6-13H2,3H3. The highest BCUT2D eigenvalue weighted by Crippen LogP contribution is 2.34. The van der Waals surface area contributed by atoms with Gasteiger partial charge in [-0.25, -0.2) is 0 Å². The molecule has 3 heteroatoms. The maximum Gasteiger partial charge on any atom is 0.226 e. The molecule has 0 bridgehead atoms. The average molecular weight is 265 g/mol. The Labute approximate surface area is 117 Å². The third-order valence-corrected chi connectivity index (χ3v) is 4.47. The maximum absolute atomic E-state index is 12.4. The Balaban J connectivity index is 2.60. The molecule has 19 heavy (non-hydrogen) atoms. The quantitative estimate of drug-likeness (QED) is 0.719. The first-order valence-electron chi connectivity index (χ1n) is 7.24. The number of nitrogens with zero attached hydrogens (tertiary/aromatic N) is 1. The molecule has 0 aromatic carbocycles. The molecule has 0 radical (unpaired) electrons. The van der Waals surface area contributed by atoms with Crippen LogP contribution in [0.3, 0.4) is 0 Å². The van der Waals surface area contributed by atoms with Crippen molar-refractivity contribution in [2.24, 2.45) is 11.3 Å². The van der Waals surface area contributed by atoms with Crippen LogP contribution in [0.15, 0.2) is 25.3 Å². The second-order valence-corrected chi connectivity index (χ2v) is 5.58. The minimum absolute atomic E-state index is 0.0155. The van der Waals surface area contributed by atoms with Crippen LogP contribution in [-0.4, -0.2) is 35.6 Å². The fraction of sp³-hybridized carbons (Fsp3) is 0.688. The lowest BCUT2D eigenvalue weighted by molar-refractivity contribution is -0.138. The lowest BCUT2D eigenvalue weighted by Crippen LogP contribution is -2.46. The van der Waals surface area contributed by atoms with E-state index in [2.05, 4.69) is 20.1 Å². The molecule has 0 atom stereocenters. The summed E-state index contributed by atoms with van der Waals surface area (Å²) in [6, 6.07) is 0. The summed E-state index contributed by atoms with van der Waals surface area (Å²) in [4.78, 5) is 14.4. The molecule has 1 saturated heterocycles. The van der Waals surface area contributed by atoms with Gasteiger partial charge in [0.2, 0.25) is 5.91 Å². The summed E-state index contributed by atoms with van der Waals surface area (Å²) in [5, 5.41) is 9.51. The van der Waals surface area contributed by atoms with Crippen molar-refractivity contribution in [3.05, 3.63) is 25.3 Å². The van der Waals surface area contributed by atoms with Gasteiger partial charge in [-0.1, -0.05) is 19.1 Å². The minimum atomic E-state index is -0.0155. The fourth-order valence-electron chi connectivity index (χ4n) is 2.78. The molecular formula is C16H27NO2. The second kappa shape index (κ2) is 7.49. The zero-order valence-electron chi connectivity index (χ0n) is 12.1. The van der Waals surface area contributed by atoms with E-state index in [4.69, 9.17) is 0 Å². The van der Waals surface area contributed by atoms with E-state index in [0.717, 1.165) is 32.4 Å². The van der Waals surface area contributed by atoms with Crippen molar-refractivity contribution in [2.45, 2.75) is 39.0 Å². The van der Waals surface area contributed by atoms with Crippen LogP contribution in [0.2, 0.25) is 0 Å². The third kappa shape index (κ3) is 3.93. The largest absolute Gasteiger partial charge is 0.396 e. The first-order valence-corrected chi connectivity index (χ1v) is 7.24. The first kappa shape index (κ1) is 16.0. The van der Waals surface area contributed by atoms with E-state index < -0.39 is 0 Å². The third-order valence-electron chi connectivity index (χ3n) is 4.47. The number of likely N-dealkylation sites (tertiary alicyclic amines) is 1. The van der Waals surface area contributed by atoms with E-state index in [1.165, 1.54) is 0 Å². The van der Waals surface area contributed by atoms with E-state index in [1.807, 2.05) is 4.90 Å². The molecule has 1 aliphatic rings. The number of hydrogen-bond donors (Lipinski definition) is 1. The van der Waals surface area contributed by atoms with Crippen LogP contribution in [0.25, 0.3) is 0 Å². The molecule has 0 aromatic rings. The smallest absolute Gasteiger partial charge is 0.226 e. The number of aliphatic hydroxyl groups excluding tert-OH is 1. The Morgan fingerprint density at radius 3 is 2.21 bits per heavy atom. The monoisotopic (exact) mass is 265 g/mol. The molecule has 0 spiro atoms. The van der Waals surface area contributed by atoms with Crippen LogP contribution in [-0.2, 0) is 4.79 Å². The van der Waals surface area contributed by atoms with Crippen LogP contribution in [0, 0.1) is 11.3 Å². The molecule has 1 fully saturated rings. The predicted molar refractivity (Wildman–Crippen MR) is 78.7 cm³/mol. The lowest BCUT2D eigenvalue weighted by Gasteiger charge is -2.41. The van der Waals surface area contributed by atoms with E-state index in [0.29, 0.717) is 12.8 Å². The molecule has 0 unspecified atom stereocenters. The number of rotatable bonds is 7. The van der Waals surface area contributed by atoms with Crippen molar-refractivity contribution in [3.63, 3.8) is 0 Å². The van der Waals surface area contributed by atoms with Crippen molar-refractivity contribution in [1.82, 2.24) is 4.90 Å². The number of hydrogen-bond acceptors (Lipinski definition) is 2. The Bertz CT molecular complexity index is 301.